The Morgan fingerprint density at radius 2 is 2.30 bits per heavy atom. The van der Waals surface area contributed by atoms with Crippen LogP contribution >= 0.6 is 12.4 Å². The maximum absolute atomic E-state index is 12.1. The van der Waals surface area contributed by atoms with E-state index < -0.39 is 23.7 Å². The molecule has 1 heterocycles. The lowest BCUT2D eigenvalue weighted by molar-refractivity contribution is -0.149. The Bertz CT molecular complexity index is 404. The molecule has 0 bridgehead atoms. The maximum Gasteiger partial charge on any atom is 0.332 e. The minimum absolute atomic E-state index is 0. The number of nitrogens with one attached hydrogen (secondary N) is 2. The van der Waals surface area contributed by atoms with Gasteiger partial charge in [0.05, 0.1) is 18.8 Å². The fourth-order valence-electron chi connectivity index (χ4n) is 2.49. The van der Waals surface area contributed by atoms with Crippen molar-refractivity contribution in [2.45, 2.75) is 37.5 Å². The third-order valence-corrected chi connectivity index (χ3v) is 3.71. The number of ether oxygens (including phenoxy) is 1. The maximum atomic E-state index is 12.1. The summed E-state index contributed by atoms with van der Waals surface area (Å²) in [6.45, 7) is 6.07. The van der Waals surface area contributed by atoms with Crippen molar-refractivity contribution in [3.8, 4) is 0 Å². The third kappa shape index (κ3) is 3.13. The Hall–Kier alpha value is -1.11. The number of amides is 1. The Balaban J connectivity index is 0.00000200. The van der Waals surface area contributed by atoms with Crippen LogP contribution in [-0.2, 0) is 14.3 Å². The van der Waals surface area contributed by atoms with Crippen molar-refractivity contribution >= 4 is 24.3 Å². The average molecular weight is 305 g/mol. The third-order valence-electron chi connectivity index (χ3n) is 3.71. The standard InChI is InChI=1S/C13H20N2O4.ClH/c1-3-8-6-13(8,12(18)19-4-2)15-11(17)10-5-9(16)7-14-10;/h3,8-10,14,16H,1,4-7H2,2H3,(H,15,17);1H/t8-,9+,10-,13+;/m0./s1. The summed E-state index contributed by atoms with van der Waals surface area (Å²) in [4.78, 5) is 24.0. The van der Waals surface area contributed by atoms with Gasteiger partial charge < -0.3 is 20.5 Å². The van der Waals surface area contributed by atoms with E-state index in [1.807, 2.05) is 0 Å². The van der Waals surface area contributed by atoms with Crippen molar-refractivity contribution in [2.75, 3.05) is 13.2 Å². The molecule has 0 aromatic heterocycles. The zero-order valence-corrected chi connectivity index (χ0v) is 12.2. The molecule has 4 atom stereocenters. The van der Waals surface area contributed by atoms with Crippen molar-refractivity contribution < 1.29 is 19.4 Å². The topological polar surface area (TPSA) is 87.7 Å². The fourth-order valence-corrected chi connectivity index (χ4v) is 2.49. The number of hydrogen-bond acceptors (Lipinski definition) is 5. The number of esters is 1. The largest absolute Gasteiger partial charge is 0.464 e. The Morgan fingerprint density at radius 3 is 2.75 bits per heavy atom. The molecule has 7 heteroatoms. The monoisotopic (exact) mass is 304 g/mol. The molecule has 20 heavy (non-hydrogen) atoms. The molecule has 2 aliphatic rings. The van der Waals surface area contributed by atoms with Crippen LogP contribution < -0.4 is 10.6 Å². The zero-order valence-electron chi connectivity index (χ0n) is 11.4. The lowest BCUT2D eigenvalue weighted by Gasteiger charge is -2.19. The van der Waals surface area contributed by atoms with Crippen LogP contribution in [0.4, 0.5) is 0 Å². The van der Waals surface area contributed by atoms with E-state index in [0.29, 0.717) is 19.4 Å². The van der Waals surface area contributed by atoms with Crippen molar-refractivity contribution in [3.05, 3.63) is 12.7 Å². The van der Waals surface area contributed by atoms with Gasteiger partial charge in [-0.2, -0.15) is 0 Å². The van der Waals surface area contributed by atoms with E-state index in [9.17, 15) is 14.7 Å². The highest BCUT2D eigenvalue weighted by Crippen LogP contribution is 2.45. The van der Waals surface area contributed by atoms with Crippen molar-refractivity contribution in [2.24, 2.45) is 5.92 Å². The molecule has 1 saturated heterocycles. The summed E-state index contributed by atoms with van der Waals surface area (Å²) in [5, 5.41) is 15.1. The van der Waals surface area contributed by atoms with Crippen LogP contribution in [0.5, 0.6) is 0 Å². The van der Waals surface area contributed by atoms with Crippen LogP contribution in [-0.4, -0.2) is 47.8 Å². The van der Waals surface area contributed by atoms with Gasteiger partial charge in [-0.05, 0) is 19.8 Å². The van der Waals surface area contributed by atoms with Crippen LogP contribution in [0.2, 0.25) is 0 Å². The molecule has 114 valence electrons. The van der Waals surface area contributed by atoms with Gasteiger partial charge in [0.1, 0.15) is 5.54 Å². The van der Waals surface area contributed by atoms with Crippen LogP contribution in [0.3, 0.4) is 0 Å². The van der Waals surface area contributed by atoms with Gasteiger partial charge in [0, 0.05) is 12.5 Å². The molecule has 0 spiro atoms. The lowest BCUT2D eigenvalue weighted by atomic mass is 10.1. The van der Waals surface area contributed by atoms with Gasteiger partial charge in [0.25, 0.3) is 0 Å². The molecule has 0 radical (unpaired) electrons. The Morgan fingerprint density at radius 1 is 1.60 bits per heavy atom. The number of carbonyl (C=O) groups is 2. The van der Waals surface area contributed by atoms with Gasteiger partial charge in [-0.15, -0.1) is 19.0 Å². The first-order chi connectivity index (χ1) is 9.03. The van der Waals surface area contributed by atoms with Crippen LogP contribution in [0.15, 0.2) is 12.7 Å². The van der Waals surface area contributed by atoms with E-state index in [4.69, 9.17) is 4.74 Å². The van der Waals surface area contributed by atoms with Crippen molar-refractivity contribution in [3.63, 3.8) is 0 Å². The summed E-state index contributed by atoms with van der Waals surface area (Å²) in [7, 11) is 0. The molecule has 0 aromatic carbocycles. The zero-order chi connectivity index (χ0) is 14.0. The minimum atomic E-state index is -0.954. The predicted molar refractivity (Wildman–Crippen MR) is 75.5 cm³/mol. The van der Waals surface area contributed by atoms with Gasteiger partial charge in [-0.25, -0.2) is 4.79 Å². The molecule has 1 amide bonds. The smallest absolute Gasteiger partial charge is 0.332 e. The summed E-state index contributed by atoms with van der Waals surface area (Å²) in [5.74, 6) is -0.762. The Kier molecular flexibility index (Phi) is 5.56. The van der Waals surface area contributed by atoms with Gasteiger partial charge >= 0.3 is 5.97 Å². The van der Waals surface area contributed by atoms with E-state index >= 15 is 0 Å². The second-order valence-corrected chi connectivity index (χ2v) is 5.08. The van der Waals surface area contributed by atoms with Crippen LogP contribution in [0.25, 0.3) is 0 Å². The Labute approximate surface area is 124 Å². The molecule has 6 nitrogen and oxygen atoms in total. The molecular weight excluding hydrogens is 284 g/mol. The number of β-amino-alcohol motifs (C(OH)–C–C–N with tert-alkyl or cyclic N) is 1. The molecule has 2 fully saturated rings. The number of aliphatic hydroxyl groups excluding tert-OH is 1. The second kappa shape index (κ2) is 6.56. The molecular formula is C13H21ClN2O4. The number of rotatable bonds is 5. The van der Waals surface area contributed by atoms with Crippen LogP contribution in [0, 0.1) is 5.92 Å². The minimum Gasteiger partial charge on any atom is -0.464 e. The van der Waals surface area contributed by atoms with Crippen molar-refractivity contribution in [1.82, 2.24) is 10.6 Å². The molecule has 0 unspecified atom stereocenters. The van der Waals surface area contributed by atoms with Crippen LogP contribution in [0.1, 0.15) is 19.8 Å². The molecule has 3 N–H and O–H groups in total. The molecule has 0 aromatic rings. The van der Waals surface area contributed by atoms with Crippen molar-refractivity contribution in [1.29, 1.82) is 0 Å². The first-order valence-electron chi connectivity index (χ1n) is 6.56. The average Bonchev–Trinajstić information content (AvgIpc) is 2.92. The lowest BCUT2D eigenvalue weighted by Crippen LogP contribution is -2.51. The van der Waals surface area contributed by atoms with Gasteiger partial charge in [0.2, 0.25) is 5.91 Å². The van der Waals surface area contributed by atoms with Gasteiger partial charge in [-0.3, -0.25) is 4.79 Å². The number of hydrogen-bond donors (Lipinski definition) is 3. The molecule has 1 saturated carbocycles. The first kappa shape index (κ1) is 16.9. The highest BCUT2D eigenvalue weighted by Gasteiger charge is 2.61. The predicted octanol–water partition coefficient (Wildman–Crippen LogP) is -0.245. The number of halogens is 1. The van der Waals surface area contributed by atoms with E-state index in [1.54, 1.807) is 13.0 Å². The summed E-state index contributed by atoms with van der Waals surface area (Å²) in [6.07, 6.45) is 2.04. The summed E-state index contributed by atoms with van der Waals surface area (Å²) >= 11 is 0. The fraction of sp³-hybridized carbons (Fsp3) is 0.692. The molecule has 2 rings (SSSR count). The summed E-state index contributed by atoms with van der Waals surface area (Å²) in [5.41, 5.74) is -0.954. The molecule has 1 aliphatic carbocycles. The van der Waals surface area contributed by atoms with E-state index in [2.05, 4.69) is 17.2 Å². The first-order valence-corrected chi connectivity index (χ1v) is 6.56. The quantitative estimate of drug-likeness (QED) is 0.482. The van der Waals surface area contributed by atoms with E-state index in [-0.39, 0.29) is 30.8 Å². The highest BCUT2D eigenvalue weighted by atomic mass is 35.5. The molecule has 1 aliphatic heterocycles. The second-order valence-electron chi connectivity index (χ2n) is 5.08. The van der Waals surface area contributed by atoms with Gasteiger partial charge in [0.15, 0.2) is 0 Å². The number of carbonyl (C=O) groups excluding carboxylic acids is 2. The normalized spacial score (nSPS) is 34.8. The highest BCUT2D eigenvalue weighted by molar-refractivity contribution is 5.93. The summed E-state index contributed by atoms with van der Waals surface area (Å²) in [6, 6.07) is -0.452. The van der Waals surface area contributed by atoms with E-state index in [1.165, 1.54) is 0 Å². The van der Waals surface area contributed by atoms with E-state index in [0.717, 1.165) is 0 Å². The SMILES string of the molecule is C=C[C@H]1C[C@]1(NC(=O)[C@@H]1C[C@@H](O)CN1)C(=O)OCC.Cl. The van der Waals surface area contributed by atoms with Gasteiger partial charge in [-0.1, -0.05) is 6.08 Å². The summed E-state index contributed by atoms with van der Waals surface area (Å²) < 4.78 is 5.01. The number of aliphatic hydroxyl groups is 1.